The summed E-state index contributed by atoms with van der Waals surface area (Å²) in [5, 5.41) is 2.97. The Morgan fingerprint density at radius 2 is 1.70 bits per heavy atom. The van der Waals surface area contributed by atoms with E-state index in [4.69, 9.17) is 9.47 Å². The van der Waals surface area contributed by atoms with Crippen LogP contribution in [-0.2, 0) is 20.2 Å². The summed E-state index contributed by atoms with van der Waals surface area (Å²) in [4.78, 5) is 18.1. The van der Waals surface area contributed by atoms with Crippen LogP contribution in [0.25, 0.3) is 11.3 Å². The van der Waals surface area contributed by atoms with Gasteiger partial charge in [-0.1, -0.05) is 43.5 Å². The Kier molecular flexibility index (Phi) is 6.12. The van der Waals surface area contributed by atoms with E-state index in [0.717, 1.165) is 49.7 Å². The van der Waals surface area contributed by atoms with Gasteiger partial charge in [0.15, 0.2) is 11.5 Å². The number of nitrogens with one attached hydrogen (secondary N) is 2. The fourth-order valence-electron chi connectivity index (χ4n) is 5.18. The molecule has 9 heteroatoms. The van der Waals surface area contributed by atoms with Crippen molar-refractivity contribution >= 4 is 21.7 Å². The molecule has 0 bridgehead atoms. The number of hydrogen-bond donors (Lipinski definition) is 2. The van der Waals surface area contributed by atoms with E-state index in [9.17, 15) is 13.2 Å². The van der Waals surface area contributed by atoms with Gasteiger partial charge >= 0.3 is 0 Å². The number of ether oxygens (including phenoxy) is 2. The molecule has 1 aromatic heterocycles. The molecular weight excluding hydrogens is 490 g/mol. The third-order valence-corrected chi connectivity index (χ3v) is 9.02. The van der Waals surface area contributed by atoms with Gasteiger partial charge in [0, 0.05) is 13.0 Å². The lowest BCUT2D eigenvalue weighted by Gasteiger charge is -2.22. The first-order valence-corrected chi connectivity index (χ1v) is 14.2. The maximum Gasteiger partial charge on any atom is 0.240 e. The fourth-order valence-corrected chi connectivity index (χ4v) is 6.48. The van der Waals surface area contributed by atoms with Gasteiger partial charge in [-0.05, 0) is 67.6 Å². The van der Waals surface area contributed by atoms with E-state index in [1.807, 2.05) is 30.3 Å². The van der Waals surface area contributed by atoms with E-state index in [2.05, 4.69) is 15.0 Å². The van der Waals surface area contributed by atoms with Gasteiger partial charge in [0.25, 0.3) is 0 Å². The van der Waals surface area contributed by atoms with Crippen LogP contribution in [0.2, 0.25) is 0 Å². The molecule has 2 aliphatic carbocycles. The SMILES string of the molecule is O=C(Nc1cccc(-c2ccc(S(=O)(=O)NC3CCCCC3)cc2)n1)C1(c2ccc3c(c2)OCO3)CC1.[HH]. The zero-order chi connectivity index (χ0) is 25.5. The predicted octanol–water partition coefficient (Wildman–Crippen LogP) is 5.00. The van der Waals surface area contributed by atoms with Gasteiger partial charge in [0.05, 0.1) is 16.0 Å². The standard InChI is InChI=1S/C28H29N3O5S.H2/c32-27(28(15-16-28)20-11-14-24-25(17-20)36-18-35-24)30-26-8-4-7-23(29-26)19-9-12-22(13-10-19)37(33,34)31-21-5-2-1-3-6-21;/h4,7-14,17,21,31H,1-3,5-6,15-16,18H2,(H,29,30,32);1H. The summed E-state index contributed by atoms with van der Waals surface area (Å²) in [5.74, 6) is 1.70. The van der Waals surface area contributed by atoms with Crippen molar-refractivity contribution in [1.29, 1.82) is 0 Å². The predicted molar refractivity (Wildman–Crippen MR) is 141 cm³/mol. The minimum Gasteiger partial charge on any atom is -0.454 e. The van der Waals surface area contributed by atoms with Crippen molar-refractivity contribution in [2.24, 2.45) is 0 Å². The molecule has 2 fully saturated rings. The fraction of sp³-hybridized carbons (Fsp3) is 0.357. The van der Waals surface area contributed by atoms with E-state index in [0.29, 0.717) is 23.0 Å². The molecule has 2 aromatic carbocycles. The number of fused-ring (bicyclic) bond motifs is 1. The summed E-state index contributed by atoms with van der Waals surface area (Å²) < 4.78 is 39.3. The first kappa shape index (κ1) is 23.9. The molecule has 1 amide bonds. The van der Waals surface area contributed by atoms with Crippen LogP contribution >= 0.6 is 0 Å². The molecule has 0 saturated heterocycles. The molecule has 194 valence electrons. The second-order valence-corrected chi connectivity index (χ2v) is 11.7. The van der Waals surface area contributed by atoms with Gasteiger partial charge in [-0.2, -0.15) is 0 Å². The molecule has 0 radical (unpaired) electrons. The number of amides is 1. The number of carbonyl (C=O) groups is 1. The van der Waals surface area contributed by atoms with Crippen LogP contribution in [0.1, 0.15) is 51.9 Å². The van der Waals surface area contributed by atoms with Crippen LogP contribution in [0, 0.1) is 0 Å². The monoisotopic (exact) mass is 521 g/mol. The average molecular weight is 522 g/mol. The average Bonchev–Trinajstić information content (AvgIpc) is 3.60. The molecule has 3 aromatic rings. The first-order valence-electron chi connectivity index (χ1n) is 12.7. The van der Waals surface area contributed by atoms with E-state index in [1.54, 1.807) is 30.3 Å². The third kappa shape index (κ3) is 4.81. The minimum absolute atomic E-state index is 0. The number of sulfonamides is 1. The number of benzene rings is 2. The molecule has 0 atom stereocenters. The highest BCUT2D eigenvalue weighted by Crippen LogP contribution is 2.51. The Bertz CT molecular complexity index is 1440. The quantitative estimate of drug-likeness (QED) is 0.453. The molecular formula is C28H31N3O5S. The third-order valence-electron chi connectivity index (χ3n) is 7.49. The lowest BCUT2D eigenvalue weighted by molar-refractivity contribution is -0.118. The molecule has 2 heterocycles. The number of nitrogens with zero attached hydrogens (tertiary/aromatic N) is 1. The maximum absolute atomic E-state index is 13.3. The van der Waals surface area contributed by atoms with Crippen LogP contribution < -0.4 is 19.5 Å². The van der Waals surface area contributed by atoms with Crippen molar-refractivity contribution in [1.82, 2.24) is 9.71 Å². The van der Waals surface area contributed by atoms with Gasteiger partial charge < -0.3 is 14.8 Å². The topological polar surface area (TPSA) is 107 Å². The second kappa shape index (κ2) is 9.46. The molecule has 2 saturated carbocycles. The van der Waals surface area contributed by atoms with Gasteiger partial charge in [-0.25, -0.2) is 18.1 Å². The van der Waals surface area contributed by atoms with Crippen molar-refractivity contribution in [3.63, 3.8) is 0 Å². The summed E-state index contributed by atoms with van der Waals surface area (Å²) in [6, 6.07) is 17.8. The summed E-state index contributed by atoms with van der Waals surface area (Å²) in [7, 11) is -3.57. The molecule has 0 unspecified atom stereocenters. The Morgan fingerprint density at radius 1 is 0.946 bits per heavy atom. The largest absolute Gasteiger partial charge is 0.454 e. The lowest BCUT2D eigenvalue weighted by atomic mass is 9.94. The minimum atomic E-state index is -3.57. The van der Waals surface area contributed by atoms with E-state index in [-0.39, 0.29) is 25.1 Å². The number of carbonyl (C=O) groups excluding carboxylic acids is 1. The number of anilines is 1. The van der Waals surface area contributed by atoms with Crippen LogP contribution in [0.3, 0.4) is 0 Å². The smallest absolute Gasteiger partial charge is 0.240 e. The molecule has 6 rings (SSSR count). The van der Waals surface area contributed by atoms with Crippen LogP contribution in [0.5, 0.6) is 11.5 Å². The number of pyridine rings is 1. The van der Waals surface area contributed by atoms with E-state index in [1.165, 1.54) is 6.42 Å². The lowest BCUT2D eigenvalue weighted by Crippen LogP contribution is -2.36. The molecule has 3 aliphatic rings. The zero-order valence-corrected chi connectivity index (χ0v) is 21.2. The second-order valence-electron chi connectivity index (χ2n) is 9.99. The normalized spacial score (nSPS) is 18.4. The summed E-state index contributed by atoms with van der Waals surface area (Å²) in [6.45, 7) is 0.193. The highest BCUT2D eigenvalue weighted by molar-refractivity contribution is 7.89. The highest BCUT2D eigenvalue weighted by Gasteiger charge is 2.51. The maximum atomic E-state index is 13.3. The van der Waals surface area contributed by atoms with Crippen molar-refractivity contribution in [2.75, 3.05) is 12.1 Å². The van der Waals surface area contributed by atoms with Crippen molar-refractivity contribution < 1.29 is 24.1 Å². The van der Waals surface area contributed by atoms with Gasteiger partial charge in [0.1, 0.15) is 5.82 Å². The summed E-state index contributed by atoms with van der Waals surface area (Å²) in [5.41, 5.74) is 1.73. The van der Waals surface area contributed by atoms with Crippen molar-refractivity contribution in [3.05, 3.63) is 66.2 Å². The summed E-state index contributed by atoms with van der Waals surface area (Å²) >= 11 is 0. The number of aromatic nitrogens is 1. The molecule has 37 heavy (non-hydrogen) atoms. The number of rotatable bonds is 7. The van der Waals surface area contributed by atoms with Gasteiger partial charge in [-0.15, -0.1) is 0 Å². The molecule has 1 aliphatic heterocycles. The van der Waals surface area contributed by atoms with Crippen LogP contribution in [0.4, 0.5) is 5.82 Å². The van der Waals surface area contributed by atoms with Crippen LogP contribution in [-0.4, -0.2) is 32.1 Å². The summed E-state index contributed by atoms with van der Waals surface area (Å²) in [6.07, 6.45) is 6.56. The zero-order valence-electron chi connectivity index (χ0n) is 20.4. The molecule has 0 spiro atoms. The molecule has 2 N–H and O–H groups in total. The Balaban J connectivity index is 0.00000294. The van der Waals surface area contributed by atoms with E-state index >= 15 is 0 Å². The van der Waals surface area contributed by atoms with Gasteiger partial charge in [-0.3, -0.25) is 4.79 Å². The van der Waals surface area contributed by atoms with Crippen LogP contribution in [0.15, 0.2) is 65.6 Å². The highest BCUT2D eigenvalue weighted by atomic mass is 32.2. The Hall–Kier alpha value is -3.43. The van der Waals surface area contributed by atoms with Crippen molar-refractivity contribution in [2.45, 2.75) is 61.3 Å². The molecule has 8 nitrogen and oxygen atoms in total. The van der Waals surface area contributed by atoms with E-state index < -0.39 is 15.4 Å². The number of hydrogen-bond acceptors (Lipinski definition) is 6. The first-order chi connectivity index (χ1) is 17.9. The van der Waals surface area contributed by atoms with Crippen molar-refractivity contribution in [3.8, 4) is 22.8 Å². The Morgan fingerprint density at radius 3 is 2.46 bits per heavy atom. The Labute approximate surface area is 217 Å². The van der Waals surface area contributed by atoms with Gasteiger partial charge in [0.2, 0.25) is 22.7 Å².